The summed E-state index contributed by atoms with van der Waals surface area (Å²) < 4.78 is 8.57. The second-order valence-electron chi connectivity index (χ2n) is 1.70. The summed E-state index contributed by atoms with van der Waals surface area (Å²) in [7, 11) is 0. The third-order valence-electron chi connectivity index (χ3n) is 0.841. The molecular formula is C8H10O4. The van der Waals surface area contributed by atoms with Crippen LogP contribution in [0.3, 0.4) is 0 Å². The molecule has 12 heavy (non-hydrogen) atoms. The van der Waals surface area contributed by atoms with Gasteiger partial charge in [-0.1, -0.05) is 6.58 Å². The first-order valence-corrected chi connectivity index (χ1v) is 3.37. The van der Waals surface area contributed by atoms with Crippen LogP contribution < -0.4 is 0 Å². The van der Waals surface area contributed by atoms with Gasteiger partial charge >= 0.3 is 11.9 Å². The highest BCUT2D eigenvalue weighted by Gasteiger charge is 2.10. The molecule has 0 unspecified atom stereocenters. The lowest BCUT2D eigenvalue weighted by Crippen LogP contribution is -1.96. The summed E-state index contributed by atoms with van der Waals surface area (Å²) in [5.41, 5.74) is 0. The summed E-state index contributed by atoms with van der Waals surface area (Å²) in [4.78, 5) is 19.8. The van der Waals surface area contributed by atoms with E-state index in [0.29, 0.717) is 0 Å². The maximum absolute atomic E-state index is 9.92. The Balaban J connectivity index is 0.000000217. The van der Waals surface area contributed by atoms with Crippen LogP contribution in [0.5, 0.6) is 0 Å². The zero-order valence-corrected chi connectivity index (χ0v) is 6.78. The van der Waals surface area contributed by atoms with Gasteiger partial charge < -0.3 is 9.47 Å². The molecule has 0 N–H and O–H groups in total. The number of hydrogen-bond donors (Lipinski definition) is 0. The molecule has 0 spiro atoms. The number of esters is 2. The minimum atomic E-state index is -0.579. The van der Waals surface area contributed by atoms with Gasteiger partial charge in [-0.15, -0.1) is 0 Å². The molecule has 0 bridgehead atoms. The molecule has 66 valence electrons. The Hall–Kier alpha value is -1.58. The zero-order valence-electron chi connectivity index (χ0n) is 6.78. The molecule has 0 aliphatic carbocycles. The zero-order chi connectivity index (χ0) is 9.40. The molecular weight excluding hydrogens is 160 g/mol. The molecule has 0 aromatic heterocycles. The summed E-state index contributed by atoms with van der Waals surface area (Å²) in [5, 5.41) is 0. The normalized spacial score (nSPS) is 13.1. The summed E-state index contributed by atoms with van der Waals surface area (Å²) in [6.07, 6.45) is 3.60. The van der Waals surface area contributed by atoms with Crippen molar-refractivity contribution in [2.45, 2.75) is 6.92 Å². The predicted octanol–water partition coefficient (Wildman–Crippen LogP) is 0.792. The van der Waals surface area contributed by atoms with Gasteiger partial charge in [0.2, 0.25) is 0 Å². The number of hydrogen-bond acceptors (Lipinski definition) is 4. The smallest absolute Gasteiger partial charge is 0.338 e. The van der Waals surface area contributed by atoms with E-state index in [1.165, 1.54) is 6.26 Å². The number of rotatable bonds is 2. The minimum Gasteiger partial charge on any atom is -0.502 e. The predicted molar refractivity (Wildman–Crippen MR) is 42.1 cm³/mol. The van der Waals surface area contributed by atoms with Gasteiger partial charge in [-0.3, -0.25) is 0 Å². The van der Waals surface area contributed by atoms with Crippen molar-refractivity contribution in [3.8, 4) is 0 Å². The van der Waals surface area contributed by atoms with Gasteiger partial charge in [0.1, 0.15) is 0 Å². The third kappa shape index (κ3) is 5.22. The SMILES string of the molecule is C=COCC.O=C1C=CC(=O)O1. The van der Waals surface area contributed by atoms with Crippen LogP contribution >= 0.6 is 0 Å². The minimum absolute atomic E-state index is 0.579. The molecule has 0 saturated carbocycles. The number of carbonyl (C=O) groups is 2. The highest BCUT2D eigenvalue weighted by molar-refractivity contribution is 6.04. The first-order chi connectivity index (χ1) is 5.70. The fraction of sp³-hybridized carbons (Fsp3) is 0.250. The summed E-state index contributed by atoms with van der Waals surface area (Å²) >= 11 is 0. The number of carbonyl (C=O) groups excluding carboxylic acids is 2. The Bertz CT molecular complexity index is 189. The van der Waals surface area contributed by atoms with Crippen molar-refractivity contribution in [3.05, 3.63) is 25.0 Å². The van der Waals surface area contributed by atoms with Crippen molar-refractivity contribution in [1.29, 1.82) is 0 Å². The molecule has 1 aliphatic rings. The van der Waals surface area contributed by atoms with E-state index in [2.05, 4.69) is 16.1 Å². The van der Waals surface area contributed by atoms with Crippen LogP contribution in [0.25, 0.3) is 0 Å². The summed E-state index contributed by atoms with van der Waals surface area (Å²) in [6, 6.07) is 0. The first-order valence-electron chi connectivity index (χ1n) is 3.37. The van der Waals surface area contributed by atoms with Crippen molar-refractivity contribution < 1.29 is 19.1 Å². The lowest BCUT2D eigenvalue weighted by Gasteiger charge is -1.84. The van der Waals surface area contributed by atoms with Gasteiger partial charge in [-0.2, -0.15) is 0 Å². The van der Waals surface area contributed by atoms with Crippen molar-refractivity contribution in [1.82, 2.24) is 0 Å². The second-order valence-corrected chi connectivity index (χ2v) is 1.70. The van der Waals surface area contributed by atoms with Crippen LogP contribution in [0.2, 0.25) is 0 Å². The highest BCUT2D eigenvalue weighted by atomic mass is 16.6. The average molecular weight is 170 g/mol. The summed E-state index contributed by atoms with van der Waals surface area (Å²) in [6.45, 7) is 5.97. The van der Waals surface area contributed by atoms with Gasteiger partial charge in [0.15, 0.2) is 0 Å². The van der Waals surface area contributed by atoms with E-state index in [9.17, 15) is 9.59 Å². The largest absolute Gasteiger partial charge is 0.502 e. The fourth-order valence-corrected chi connectivity index (χ4v) is 0.421. The molecule has 0 atom stereocenters. The van der Waals surface area contributed by atoms with Crippen LogP contribution in [0, 0.1) is 0 Å². The molecule has 0 amide bonds. The number of cyclic esters (lactones) is 2. The third-order valence-corrected chi connectivity index (χ3v) is 0.841. The molecule has 1 aliphatic heterocycles. The van der Waals surface area contributed by atoms with Crippen LogP contribution in [0.1, 0.15) is 6.92 Å². The Morgan fingerprint density at radius 3 is 2.08 bits per heavy atom. The van der Waals surface area contributed by atoms with Crippen LogP contribution in [-0.4, -0.2) is 18.5 Å². The van der Waals surface area contributed by atoms with E-state index in [0.717, 1.165) is 18.8 Å². The van der Waals surface area contributed by atoms with E-state index in [-0.39, 0.29) is 0 Å². The van der Waals surface area contributed by atoms with Crippen molar-refractivity contribution in [2.75, 3.05) is 6.61 Å². The molecule has 1 heterocycles. The first kappa shape index (κ1) is 10.4. The van der Waals surface area contributed by atoms with Crippen LogP contribution in [0.4, 0.5) is 0 Å². The van der Waals surface area contributed by atoms with Gasteiger partial charge in [0.05, 0.1) is 12.9 Å². The highest BCUT2D eigenvalue weighted by Crippen LogP contribution is 1.92. The second kappa shape index (κ2) is 6.15. The van der Waals surface area contributed by atoms with E-state index in [1.807, 2.05) is 6.92 Å². The molecule has 0 aromatic carbocycles. The molecule has 1 rings (SSSR count). The maximum atomic E-state index is 9.92. The Morgan fingerprint density at radius 2 is 2.00 bits per heavy atom. The van der Waals surface area contributed by atoms with E-state index < -0.39 is 11.9 Å². The maximum Gasteiger partial charge on any atom is 0.338 e. The van der Waals surface area contributed by atoms with Gasteiger partial charge in [-0.05, 0) is 6.92 Å². The van der Waals surface area contributed by atoms with Gasteiger partial charge in [0.25, 0.3) is 0 Å². The standard InChI is InChI=1S/C4H2O3.C4H8O/c5-3-1-2-4(6)7-3;1-3-5-4-2/h1-2H;3H,1,4H2,2H3. The van der Waals surface area contributed by atoms with E-state index in [1.54, 1.807) is 0 Å². The fourth-order valence-electron chi connectivity index (χ4n) is 0.421. The van der Waals surface area contributed by atoms with E-state index in [4.69, 9.17) is 0 Å². The molecule has 4 heteroatoms. The molecule has 0 aromatic rings. The quantitative estimate of drug-likeness (QED) is 0.349. The number of ether oxygens (including phenoxy) is 2. The Morgan fingerprint density at radius 1 is 1.50 bits per heavy atom. The topological polar surface area (TPSA) is 52.6 Å². The molecule has 4 nitrogen and oxygen atoms in total. The Kier molecular flexibility index (Phi) is 5.34. The lowest BCUT2D eigenvalue weighted by molar-refractivity contribution is -0.150. The van der Waals surface area contributed by atoms with Gasteiger partial charge in [-0.25, -0.2) is 9.59 Å². The Labute approximate surface area is 70.5 Å². The van der Waals surface area contributed by atoms with Crippen molar-refractivity contribution in [2.24, 2.45) is 0 Å². The summed E-state index contributed by atoms with van der Waals surface area (Å²) in [5.74, 6) is -1.16. The molecule has 0 saturated heterocycles. The molecule has 0 fully saturated rings. The average Bonchev–Trinajstić information content (AvgIpc) is 2.38. The van der Waals surface area contributed by atoms with Crippen molar-refractivity contribution >= 4 is 11.9 Å². The lowest BCUT2D eigenvalue weighted by atomic mass is 10.6. The van der Waals surface area contributed by atoms with Gasteiger partial charge in [0, 0.05) is 12.2 Å². The van der Waals surface area contributed by atoms with Crippen LogP contribution in [-0.2, 0) is 19.1 Å². The van der Waals surface area contributed by atoms with Crippen molar-refractivity contribution in [3.63, 3.8) is 0 Å². The molecule has 0 radical (unpaired) electrons. The van der Waals surface area contributed by atoms with Crippen LogP contribution in [0.15, 0.2) is 25.0 Å². The monoisotopic (exact) mass is 170 g/mol. The van der Waals surface area contributed by atoms with E-state index >= 15 is 0 Å².